The lowest BCUT2D eigenvalue weighted by Crippen LogP contribution is -2.28. The molecule has 0 atom stereocenters. The van der Waals surface area contributed by atoms with Gasteiger partial charge in [0, 0.05) is 32.2 Å². The molecule has 3 heterocycles. The maximum atomic E-state index is 11.8. The highest BCUT2D eigenvalue weighted by Crippen LogP contribution is 2.19. The van der Waals surface area contributed by atoms with Crippen LogP contribution in [0.5, 0.6) is 0 Å². The Labute approximate surface area is 143 Å². The zero-order valence-corrected chi connectivity index (χ0v) is 13.5. The summed E-state index contributed by atoms with van der Waals surface area (Å²) in [5, 5.41) is 16.3. The minimum Gasteiger partial charge on any atom is -0.395 e. The third kappa shape index (κ3) is 4.22. The van der Waals surface area contributed by atoms with Crippen molar-refractivity contribution in [3.8, 4) is 0 Å². The first-order chi connectivity index (χ1) is 12.1. The molecule has 2 N–H and O–H groups in total. The summed E-state index contributed by atoms with van der Waals surface area (Å²) in [6.45, 7) is 2.77. The number of aromatic nitrogens is 2. The largest absolute Gasteiger partial charge is 0.433 e. The lowest BCUT2D eigenvalue weighted by atomic mass is 10.4. The predicted octanol–water partition coefficient (Wildman–Crippen LogP) is 1.42. The van der Waals surface area contributed by atoms with Gasteiger partial charge >= 0.3 is 5.88 Å². The van der Waals surface area contributed by atoms with Crippen LogP contribution in [0.1, 0.15) is 23.4 Å². The second-order valence-corrected chi connectivity index (χ2v) is 5.53. The second kappa shape index (κ2) is 7.60. The van der Waals surface area contributed by atoms with Gasteiger partial charge in [-0.3, -0.25) is 14.9 Å². The summed E-state index contributed by atoms with van der Waals surface area (Å²) in [5.74, 6) is 0.515. The molecule has 0 aliphatic carbocycles. The Hall–Kier alpha value is -3.17. The van der Waals surface area contributed by atoms with Crippen LogP contribution >= 0.6 is 0 Å². The van der Waals surface area contributed by atoms with E-state index >= 15 is 0 Å². The number of anilines is 2. The van der Waals surface area contributed by atoms with Crippen molar-refractivity contribution in [2.75, 3.05) is 36.4 Å². The van der Waals surface area contributed by atoms with E-state index in [-0.39, 0.29) is 5.76 Å². The van der Waals surface area contributed by atoms with Gasteiger partial charge in [-0.15, -0.1) is 0 Å². The third-order valence-corrected chi connectivity index (χ3v) is 3.79. The fourth-order valence-electron chi connectivity index (χ4n) is 2.56. The van der Waals surface area contributed by atoms with Crippen LogP contribution in [-0.2, 0) is 0 Å². The van der Waals surface area contributed by atoms with Gasteiger partial charge in [0.25, 0.3) is 5.91 Å². The van der Waals surface area contributed by atoms with Crippen LogP contribution in [-0.4, -0.2) is 47.0 Å². The number of carbonyl (C=O) groups excluding carboxylic acids is 1. The molecule has 0 saturated carbocycles. The quantitative estimate of drug-likeness (QED) is 0.438. The summed E-state index contributed by atoms with van der Waals surface area (Å²) < 4.78 is 4.84. The van der Waals surface area contributed by atoms with Gasteiger partial charge in [0.2, 0.25) is 0 Å². The predicted molar refractivity (Wildman–Crippen MR) is 89.7 cm³/mol. The summed E-state index contributed by atoms with van der Waals surface area (Å²) >= 11 is 0. The molecule has 1 fully saturated rings. The zero-order valence-electron chi connectivity index (χ0n) is 13.5. The first kappa shape index (κ1) is 16.7. The van der Waals surface area contributed by atoms with Crippen LogP contribution < -0.4 is 15.5 Å². The Morgan fingerprint density at radius 2 is 2.08 bits per heavy atom. The average Bonchev–Trinajstić information content (AvgIpc) is 3.30. The molecule has 0 radical (unpaired) electrons. The fraction of sp³-hybridized carbons (Fsp3) is 0.400. The Kier molecular flexibility index (Phi) is 5.07. The van der Waals surface area contributed by atoms with Crippen molar-refractivity contribution in [3.63, 3.8) is 0 Å². The van der Waals surface area contributed by atoms with Gasteiger partial charge in [0.1, 0.15) is 22.9 Å². The molecule has 10 nitrogen and oxygen atoms in total. The molecule has 1 aliphatic rings. The summed E-state index contributed by atoms with van der Waals surface area (Å²) in [4.78, 5) is 32.3. The number of nitro groups is 1. The first-order valence-corrected chi connectivity index (χ1v) is 7.97. The number of nitrogens with one attached hydrogen (secondary N) is 2. The average molecular weight is 346 g/mol. The molecule has 1 saturated heterocycles. The van der Waals surface area contributed by atoms with Gasteiger partial charge < -0.3 is 20.0 Å². The van der Waals surface area contributed by atoms with Crippen LogP contribution in [0.15, 0.2) is 28.9 Å². The smallest absolute Gasteiger partial charge is 0.395 e. The number of amides is 1. The highest BCUT2D eigenvalue weighted by molar-refractivity contribution is 5.91. The SMILES string of the molecule is O=C(NCCNc1cc(N2CCCC2)ncn1)c1ccc([N+](=O)[O-])o1. The molecule has 0 aromatic carbocycles. The number of hydrogen-bond acceptors (Lipinski definition) is 8. The summed E-state index contributed by atoms with van der Waals surface area (Å²) in [7, 11) is 0. The molecular weight excluding hydrogens is 328 g/mol. The van der Waals surface area contributed by atoms with Crippen molar-refractivity contribution in [1.29, 1.82) is 0 Å². The highest BCUT2D eigenvalue weighted by Gasteiger charge is 2.17. The van der Waals surface area contributed by atoms with E-state index in [9.17, 15) is 14.9 Å². The van der Waals surface area contributed by atoms with E-state index in [0.717, 1.165) is 25.0 Å². The van der Waals surface area contributed by atoms with Gasteiger partial charge in [-0.1, -0.05) is 0 Å². The van der Waals surface area contributed by atoms with Gasteiger partial charge in [0.15, 0.2) is 5.76 Å². The molecular formula is C15H18N6O4. The summed E-state index contributed by atoms with van der Waals surface area (Å²) in [5.41, 5.74) is 0. The Bertz CT molecular complexity index is 756. The number of hydrogen-bond donors (Lipinski definition) is 2. The zero-order chi connectivity index (χ0) is 17.6. The lowest BCUT2D eigenvalue weighted by molar-refractivity contribution is -0.402. The number of rotatable bonds is 7. The fourth-order valence-corrected chi connectivity index (χ4v) is 2.56. The normalized spacial score (nSPS) is 13.7. The van der Waals surface area contributed by atoms with Crippen LogP contribution in [0.25, 0.3) is 0 Å². The van der Waals surface area contributed by atoms with Crippen LogP contribution in [0, 0.1) is 10.1 Å². The van der Waals surface area contributed by atoms with Crippen molar-refractivity contribution in [2.45, 2.75) is 12.8 Å². The van der Waals surface area contributed by atoms with E-state index in [2.05, 4.69) is 25.5 Å². The summed E-state index contributed by atoms with van der Waals surface area (Å²) in [6, 6.07) is 4.30. The van der Waals surface area contributed by atoms with E-state index < -0.39 is 16.7 Å². The number of carbonyl (C=O) groups is 1. The second-order valence-electron chi connectivity index (χ2n) is 5.53. The molecule has 0 unspecified atom stereocenters. The van der Waals surface area contributed by atoms with Crippen molar-refractivity contribution >= 4 is 23.4 Å². The van der Waals surface area contributed by atoms with Gasteiger partial charge in [-0.2, -0.15) is 0 Å². The van der Waals surface area contributed by atoms with Gasteiger partial charge in [-0.05, 0) is 18.9 Å². The van der Waals surface area contributed by atoms with Crippen molar-refractivity contribution in [3.05, 3.63) is 40.4 Å². The molecule has 0 spiro atoms. The van der Waals surface area contributed by atoms with Gasteiger partial charge in [-0.25, -0.2) is 9.97 Å². The van der Waals surface area contributed by atoms with E-state index in [1.54, 1.807) is 0 Å². The third-order valence-electron chi connectivity index (χ3n) is 3.79. The number of nitrogens with zero attached hydrogens (tertiary/aromatic N) is 4. The monoisotopic (exact) mass is 346 g/mol. The molecule has 0 bridgehead atoms. The summed E-state index contributed by atoms with van der Waals surface area (Å²) in [6.07, 6.45) is 3.85. The first-order valence-electron chi connectivity index (χ1n) is 7.97. The standard InChI is InChI=1S/C15H18N6O4/c22-15(11-3-4-14(25-11)21(23)24)17-6-5-16-12-9-13(19-10-18-12)20-7-1-2-8-20/h3-4,9-10H,1-2,5-8H2,(H,17,22)(H,16,18,19). The van der Waals surface area contributed by atoms with E-state index in [0.29, 0.717) is 18.9 Å². The molecule has 2 aromatic rings. The molecule has 2 aromatic heterocycles. The van der Waals surface area contributed by atoms with Crippen LogP contribution in [0.4, 0.5) is 17.5 Å². The minimum atomic E-state index is -0.689. The van der Waals surface area contributed by atoms with E-state index in [4.69, 9.17) is 4.42 Å². The van der Waals surface area contributed by atoms with Crippen molar-refractivity contribution < 1.29 is 14.1 Å². The molecule has 3 rings (SSSR count). The van der Waals surface area contributed by atoms with Crippen molar-refractivity contribution in [2.24, 2.45) is 0 Å². The Balaban J connectivity index is 1.45. The maximum absolute atomic E-state index is 11.8. The Morgan fingerprint density at radius 1 is 1.28 bits per heavy atom. The molecule has 1 aliphatic heterocycles. The number of furan rings is 1. The molecule has 132 valence electrons. The molecule has 1 amide bonds. The van der Waals surface area contributed by atoms with E-state index in [1.165, 1.54) is 25.2 Å². The Morgan fingerprint density at radius 3 is 2.80 bits per heavy atom. The molecule has 25 heavy (non-hydrogen) atoms. The van der Waals surface area contributed by atoms with Gasteiger partial charge in [0.05, 0.1) is 6.07 Å². The topological polar surface area (TPSA) is 126 Å². The van der Waals surface area contributed by atoms with Crippen LogP contribution in [0.3, 0.4) is 0 Å². The lowest BCUT2D eigenvalue weighted by Gasteiger charge is -2.16. The van der Waals surface area contributed by atoms with E-state index in [1.807, 2.05) is 6.07 Å². The maximum Gasteiger partial charge on any atom is 0.433 e. The molecule has 10 heteroatoms. The van der Waals surface area contributed by atoms with Crippen molar-refractivity contribution in [1.82, 2.24) is 15.3 Å². The van der Waals surface area contributed by atoms with Crippen LogP contribution in [0.2, 0.25) is 0 Å². The highest BCUT2D eigenvalue weighted by atomic mass is 16.6. The minimum absolute atomic E-state index is 0.0925.